The van der Waals surface area contributed by atoms with Crippen molar-refractivity contribution < 1.29 is 19.0 Å². The van der Waals surface area contributed by atoms with Crippen LogP contribution in [-0.2, 0) is 13.1 Å². The lowest BCUT2D eigenvalue weighted by atomic mass is 10.1. The van der Waals surface area contributed by atoms with E-state index in [9.17, 15) is 14.3 Å². The van der Waals surface area contributed by atoms with Gasteiger partial charge in [-0.2, -0.15) is 0 Å². The first-order valence-corrected chi connectivity index (χ1v) is 11.1. The molecule has 174 valence electrons. The number of benzene rings is 2. The summed E-state index contributed by atoms with van der Waals surface area (Å²) >= 11 is 0. The van der Waals surface area contributed by atoms with E-state index in [-0.39, 0.29) is 18.5 Å². The second kappa shape index (κ2) is 10.8. The molecule has 7 heteroatoms. The van der Waals surface area contributed by atoms with E-state index in [1.807, 2.05) is 29.2 Å². The van der Waals surface area contributed by atoms with Gasteiger partial charge in [0, 0.05) is 26.2 Å². The van der Waals surface area contributed by atoms with Crippen molar-refractivity contribution >= 4 is 6.03 Å². The van der Waals surface area contributed by atoms with E-state index in [2.05, 4.69) is 17.3 Å². The molecule has 1 saturated heterocycles. The van der Waals surface area contributed by atoms with Crippen molar-refractivity contribution in [3.8, 4) is 5.75 Å². The van der Waals surface area contributed by atoms with Crippen LogP contribution in [0, 0.1) is 11.7 Å². The zero-order valence-corrected chi connectivity index (χ0v) is 19.2. The molecule has 0 aromatic heterocycles. The summed E-state index contributed by atoms with van der Waals surface area (Å²) in [5, 5.41) is 12.8. The molecule has 2 aromatic carbocycles. The summed E-state index contributed by atoms with van der Waals surface area (Å²) < 4.78 is 18.8. The number of likely N-dealkylation sites (tertiary alicyclic amines) is 1. The van der Waals surface area contributed by atoms with Crippen molar-refractivity contribution in [1.82, 2.24) is 15.1 Å². The minimum Gasteiger partial charge on any atom is -0.491 e. The second-order valence-electron chi connectivity index (χ2n) is 9.33. The third kappa shape index (κ3) is 7.80. The Hall–Kier alpha value is -2.64. The molecule has 0 radical (unpaired) electrons. The lowest BCUT2D eigenvalue weighted by molar-refractivity contribution is 0.0285. The van der Waals surface area contributed by atoms with Crippen LogP contribution in [0.5, 0.6) is 5.75 Å². The zero-order chi connectivity index (χ0) is 23.1. The fourth-order valence-electron chi connectivity index (χ4n) is 3.77. The van der Waals surface area contributed by atoms with Crippen molar-refractivity contribution in [2.45, 2.75) is 39.0 Å². The predicted molar refractivity (Wildman–Crippen MR) is 123 cm³/mol. The van der Waals surface area contributed by atoms with Gasteiger partial charge in [-0.15, -0.1) is 0 Å². The van der Waals surface area contributed by atoms with Crippen LogP contribution in [0.1, 0.15) is 31.4 Å². The van der Waals surface area contributed by atoms with E-state index in [4.69, 9.17) is 4.74 Å². The SMILES string of the molecule is CN1CC[C@@H](CN(Cc2ccc(F)cc2)C(=O)NCc2ccc(OCC(C)(C)O)cc2)C1. The Bertz CT molecular complexity index is 865. The molecule has 1 aliphatic heterocycles. The number of urea groups is 1. The smallest absolute Gasteiger partial charge is 0.317 e. The van der Waals surface area contributed by atoms with Crippen LogP contribution in [0.3, 0.4) is 0 Å². The van der Waals surface area contributed by atoms with E-state index in [0.717, 1.165) is 30.6 Å². The average Bonchev–Trinajstić information content (AvgIpc) is 3.16. The van der Waals surface area contributed by atoms with Crippen LogP contribution in [0.2, 0.25) is 0 Å². The predicted octanol–water partition coefficient (Wildman–Crippen LogP) is 3.64. The van der Waals surface area contributed by atoms with Gasteiger partial charge in [-0.05, 0) is 75.2 Å². The minimum atomic E-state index is -0.894. The van der Waals surface area contributed by atoms with E-state index in [0.29, 0.717) is 31.3 Å². The summed E-state index contributed by atoms with van der Waals surface area (Å²) in [6.07, 6.45) is 1.07. The average molecular weight is 444 g/mol. The molecular formula is C25H34FN3O3. The molecule has 1 aliphatic rings. The lowest BCUT2D eigenvalue weighted by Gasteiger charge is -2.26. The Labute approximate surface area is 190 Å². The van der Waals surface area contributed by atoms with Gasteiger partial charge >= 0.3 is 6.03 Å². The number of nitrogens with one attached hydrogen (secondary N) is 1. The fraction of sp³-hybridized carbons (Fsp3) is 0.480. The molecule has 0 bridgehead atoms. The van der Waals surface area contributed by atoms with E-state index in [1.165, 1.54) is 12.1 Å². The lowest BCUT2D eigenvalue weighted by Crippen LogP contribution is -2.42. The van der Waals surface area contributed by atoms with Gasteiger partial charge in [0.1, 0.15) is 18.2 Å². The van der Waals surface area contributed by atoms with Crippen LogP contribution in [-0.4, -0.2) is 59.8 Å². The van der Waals surface area contributed by atoms with Gasteiger partial charge in [-0.1, -0.05) is 24.3 Å². The molecule has 6 nitrogen and oxygen atoms in total. The number of halogens is 1. The summed E-state index contributed by atoms with van der Waals surface area (Å²) in [6, 6.07) is 13.6. The van der Waals surface area contributed by atoms with Gasteiger partial charge in [0.2, 0.25) is 0 Å². The van der Waals surface area contributed by atoms with Gasteiger partial charge in [0.25, 0.3) is 0 Å². The Balaban J connectivity index is 1.58. The van der Waals surface area contributed by atoms with Crippen molar-refractivity contribution in [2.75, 3.05) is 33.3 Å². The second-order valence-corrected chi connectivity index (χ2v) is 9.33. The number of hydrogen-bond acceptors (Lipinski definition) is 4. The summed E-state index contributed by atoms with van der Waals surface area (Å²) in [6.45, 7) is 7.11. The molecule has 0 saturated carbocycles. The molecule has 2 amide bonds. The summed E-state index contributed by atoms with van der Waals surface area (Å²) in [5.41, 5.74) is 0.965. The number of hydrogen-bond donors (Lipinski definition) is 2. The maximum atomic E-state index is 13.3. The molecular weight excluding hydrogens is 409 g/mol. The highest BCUT2D eigenvalue weighted by Crippen LogP contribution is 2.18. The molecule has 0 unspecified atom stereocenters. The first kappa shape index (κ1) is 24.0. The van der Waals surface area contributed by atoms with Crippen molar-refractivity contribution in [3.05, 3.63) is 65.5 Å². The van der Waals surface area contributed by atoms with Crippen LogP contribution in [0.15, 0.2) is 48.5 Å². The number of carbonyl (C=O) groups excluding carboxylic acids is 1. The minimum absolute atomic E-state index is 0.133. The largest absolute Gasteiger partial charge is 0.491 e. The maximum absolute atomic E-state index is 13.3. The third-order valence-corrected chi connectivity index (χ3v) is 5.50. The van der Waals surface area contributed by atoms with Crippen LogP contribution < -0.4 is 10.1 Å². The van der Waals surface area contributed by atoms with Gasteiger partial charge in [-0.3, -0.25) is 0 Å². The summed E-state index contributed by atoms with van der Waals surface area (Å²) in [7, 11) is 2.10. The molecule has 2 N–H and O–H groups in total. The molecule has 1 atom stereocenters. The number of rotatable bonds is 9. The van der Waals surface area contributed by atoms with Crippen molar-refractivity contribution in [2.24, 2.45) is 5.92 Å². The van der Waals surface area contributed by atoms with E-state index >= 15 is 0 Å². The summed E-state index contributed by atoms with van der Waals surface area (Å²) in [5.74, 6) is 0.820. The standard InChI is InChI=1S/C25H34FN3O3/c1-25(2,31)18-32-23-10-6-19(7-11-23)14-27-24(30)29(17-21-12-13-28(3)15-21)16-20-4-8-22(26)9-5-20/h4-11,21,31H,12-18H2,1-3H3,(H,27,30)/t21-/m1/s1. The van der Waals surface area contributed by atoms with E-state index in [1.54, 1.807) is 26.0 Å². The number of aliphatic hydroxyl groups is 1. The first-order chi connectivity index (χ1) is 15.2. The fourth-order valence-corrected chi connectivity index (χ4v) is 3.77. The monoisotopic (exact) mass is 443 g/mol. The highest BCUT2D eigenvalue weighted by molar-refractivity contribution is 5.74. The number of ether oxygens (including phenoxy) is 1. The van der Waals surface area contributed by atoms with E-state index < -0.39 is 5.60 Å². The Morgan fingerprint density at radius 1 is 1.19 bits per heavy atom. The highest BCUT2D eigenvalue weighted by Gasteiger charge is 2.24. The van der Waals surface area contributed by atoms with Crippen molar-refractivity contribution in [1.29, 1.82) is 0 Å². The molecule has 1 heterocycles. The number of amides is 2. The highest BCUT2D eigenvalue weighted by atomic mass is 19.1. The summed E-state index contributed by atoms with van der Waals surface area (Å²) in [4.78, 5) is 17.1. The third-order valence-electron chi connectivity index (χ3n) is 5.50. The molecule has 1 fully saturated rings. The van der Waals surface area contributed by atoms with Gasteiger partial charge in [0.05, 0.1) is 5.60 Å². The van der Waals surface area contributed by atoms with Crippen molar-refractivity contribution in [3.63, 3.8) is 0 Å². The molecule has 32 heavy (non-hydrogen) atoms. The van der Waals surface area contributed by atoms with Gasteiger partial charge in [0.15, 0.2) is 0 Å². The molecule has 2 aromatic rings. The normalized spacial score (nSPS) is 16.7. The Morgan fingerprint density at radius 2 is 1.84 bits per heavy atom. The number of carbonyl (C=O) groups is 1. The molecule has 0 aliphatic carbocycles. The maximum Gasteiger partial charge on any atom is 0.317 e. The molecule has 3 rings (SSSR count). The first-order valence-electron chi connectivity index (χ1n) is 11.1. The van der Waals surface area contributed by atoms with Gasteiger partial charge < -0.3 is 25.0 Å². The Morgan fingerprint density at radius 3 is 2.44 bits per heavy atom. The Kier molecular flexibility index (Phi) is 8.10. The molecule has 0 spiro atoms. The van der Waals surface area contributed by atoms with Crippen LogP contribution >= 0.6 is 0 Å². The zero-order valence-electron chi connectivity index (χ0n) is 19.2. The number of nitrogens with zero attached hydrogens (tertiary/aromatic N) is 2. The topological polar surface area (TPSA) is 65.0 Å². The van der Waals surface area contributed by atoms with Crippen LogP contribution in [0.4, 0.5) is 9.18 Å². The van der Waals surface area contributed by atoms with Crippen LogP contribution in [0.25, 0.3) is 0 Å². The quantitative estimate of drug-likeness (QED) is 0.621. The van der Waals surface area contributed by atoms with Gasteiger partial charge in [-0.25, -0.2) is 9.18 Å².